The molecule has 0 bridgehead atoms. The monoisotopic (exact) mass is 274 g/mol. The van der Waals surface area contributed by atoms with Crippen LogP contribution in [0.4, 0.5) is 20.2 Å². The van der Waals surface area contributed by atoms with Crippen LogP contribution in [0.15, 0.2) is 36.4 Å². The first-order valence-corrected chi connectivity index (χ1v) is 6.74. The van der Waals surface area contributed by atoms with Gasteiger partial charge in [-0.15, -0.1) is 0 Å². The van der Waals surface area contributed by atoms with Crippen LogP contribution >= 0.6 is 0 Å². The average molecular weight is 274 g/mol. The molecule has 20 heavy (non-hydrogen) atoms. The van der Waals surface area contributed by atoms with Crippen LogP contribution in [-0.2, 0) is 6.42 Å². The number of hydrogen-bond acceptors (Lipinski definition) is 2. The highest BCUT2D eigenvalue weighted by atomic mass is 19.1. The molecule has 0 aliphatic heterocycles. The van der Waals surface area contributed by atoms with Gasteiger partial charge in [0.1, 0.15) is 5.69 Å². The fourth-order valence-corrected chi connectivity index (χ4v) is 2.81. The number of rotatable bonds is 2. The van der Waals surface area contributed by atoms with Crippen LogP contribution in [0.25, 0.3) is 0 Å². The number of anilines is 2. The quantitative estimate of drug-likeness (QED) is 0.811. The van der Waals surface area contributed by atoms with Gasteiger partial charge in [0.2, 0.25) is 0 Å². The molecule has 1 atom stereocenters. The molecular formula is C16H16F2N2. The van der Waals surface area contributed by atoms with Gasteiger partial charge in [0.05, 0.1) is 6.04 Å². The van der Waals surface area contributed by atoms with Crippen molar-refractivity contribution in [2.45, 2.75) is 25.3 Å². The van der Waals surface area contributed by atoms with Crippen LogP contribution in [0.2, 0.25) is 0 Å². The summed E-state index contributed by atoms with van der Waals surface area (Å²) in [5.41, 5.74) is 7.79. The molecule has 0 heterocycles. The zero-order chi connectivity index (χ0) is 14.1. The van der Waals surface area contributed by atoms with E-state index in [9.17, 15) is 8.78 Å². The number of benzene rings is 2. The van der Waals surface area contributed by atoms with Crippen LogP contribution in [0, 0.1) is 11.6 Å². The summed E-state index contributed by atoms with van der Waals surface area (Å²) in [6, 6.07) is 10.2. The van der Waals surface area contributed by atoms with E-state index in [1.54, 1.807) is 0 Å². The Morgan fingerprint density at radius 2 is 1.80 bits per heavy atom. The molecule has 0 saturated carbocycles. The molecule has 1 unspecified atom stereocenters. The van der Waals surface area contributed by atoms with Crippen molar-refractivity contribution in [2.24, 2.45) is 0 Å². The molecule has 2 nitrogen and oxygen atoms in total. The van der Waals surface area contributed by atoms with E-state index in [0.717, 1.165) is 37.0 Å². The SMILES string of the molecule is Nc1cc(F)c(NC2CCCc3ccccc32)c(F)c1. The van der Waals surface area contributed by atoms with Crippen molar-refractivity contribution in [1.29, 1.82) is 0 Å². The van der Waals surface area contributed by atoms with E-state index in [1.165, 1.54) is 5.56 Å². The fourth-order valence-electron chi connectivity index (χ4n) is 2.81. The van der Waals surface area contributed by atoms with Gasteiger partial charge in [-0.2, -0.15) is 0 Å². The van der Waals surface area contributed by atoms with Crippen molar-refractivity contribution in [3.8, 4) is 0 Å². The third-order valence-corrected chi connectivity index (χ3v) is 3.75. The highest BCUT2D eigenvalue weighted by Crippen LogP contribution is 2.34. The standard InChI is InChI=1S/C16H16F2N2/c17-13-8-11(19)9-14(18)16(13)20-15-7-3-5-10-4-1-2-6-12(10)15/h1-2,4,6,8-9,15,20H,3,5,7,19H2. The predicted molar refractivity (Wildman–Crippen MR) is 76.5 cm³/mol. The van der Waals surface area contributed by atoms with Gasteiger partial charge in [-0.3, -0.25) is 0 Å². The smallest absolute Gasteiger partial charge is 0.151 e. The van der Waals surface area contributed by atoms with E-state index >= 15 is 0 Å². The molecule has 1 aliphatic carbocycles. The van der Waals surface area contributed by atoms with E-state index in [1.807, 2.05) is 18.2 Å². The maximum Gasteiger partial charge on any atom is 0.151 e. The lowest BCUT2D eigenvalue weighted by molar-refractivity contribution is 0.562. The third-order valence-electron chi connectivity index (χ3n) is 3.75. The molecule has 0 aromatic heterocycles. The summed E-state index contributed by atoms with van der Waals surface area (Å²) in [7, 11) is 0. The summed E-state index contributed by atoms with van der Waals surface area (Å²) in [6.07, 6.45) is 2.88. The summed E-state index contributed by atoms with van der Waals surface area (Å²) in [5.74, 6) is -1.30. The van der Waals surface area contributed by atoms with Crippen LogP contribution in [-0.4, -0.2) is 0 Å². The first-order chi connectivity index (χ1) is 9.65. The maximum atomic E-state index is 13.9. The molecule has 0 fully saturated rings. The van der Waals surface area contributed by atoms with Gasteiger partial charge in [0.15, 0.2) is 11.6 Å². The highest BCUT2D eigenvalue weighted by molar-refractivity contribution is 5.55. The van der Waals surface area contributed by atoms with Crippen LogP contribution < -0.4 is 11.1 Å². The zero-order valence-corrected chi connectivity index (χ0v) is 11.0. The van der Waals surface area contributed by atoms with Gasteiger partial charge in [-0.05, 0) is 42.5 Å². The van der Waals surface area contributed by atoms with E-state index in [0.29, 0.717) is 0 Å². The zero-order valence-electron chi connectivity index (χ0n) is 11.0. The van der Waals surface area contributed by atoms with Crippen molar-refractivity contribution in [3.05, 3.63) is 59.2 Å². The van der Waals surface area contributed by atoms with Crippen molar-refractivity contribution >= 4 is 11.4 Å². The topological polar surface area (TPSA) is 38.0 Å². The van der Waals surface area contributed by atoms with Gasteiger partial charge >= 0.3 is 0 Å². The Kier molecular flexibility index (Phi) is 3.30. The summed E-state index contributed by atoms with van der Waals surface area (Å²) in [6.45, 7) is 0. The van der Waals surface area contributed by atoms with Gasteiger partial charge < -0.3 is 11.1 Å². The number of nitrogens with one attached hydrogen (secondary N) is 1. The molecule has 0 saturated heterocycles. The van der Waals surface area contributed by atoms with Gasteiger partial charge in [0.25, 0.3) is 0 Å². The fraction of sp³-hybridized carbons (Fsp3) is 0.250. The molecule has 0 amide bonds. The Bertz CT molecular complexity index is 617. The highest BCUT2D eigenvalue weighted by Gasteiger charge is 2.22. The average Bonchev–Trinajstić information content (AvgIpc) is 2.43. The number of nitrogen functional groups attached to an aromatic ring is 1. The Hall–Kier alpha value is -2.10. The molecule has 3 rings (SSSR count). The number of hydrogen-bond donors (Lipinski definition) is 2. The summed E-state index contributed by atoms with van der Waals surface area (Å²) in [4.78, 5) is 0. The Balaban J connectivity index is 1.94. The number of halogens is 2. The molecule has 104 valence electrons. The molecule has 0 spiro atoms. The first-order valence-electron chi connectivity index (χ1n) is 6.74. The molecule has 1 aliphatic rings. The lowest BCUT2D eigenvalue weighted by atomic mass is 9.87. The van der Waals surface area contributed by atoms with E-state index < -0.39 is 11.6 Å². The van der Waals surface area contributed by atoms with E-state index in [2.05, 4.69) is 11.4 Å². The minimum Gasteiger partial charge on any atom is -0.399 e. The van der Waals surface area contributed by atoms with Gasteiger partial charge in [-0.1, -0.05) is 24.3 Å². The second-order valence-corrected chi connectivity index (χ2v) is 5.15. The Morgan fingerprint density at radius 1 is 1.10 bits per heavy atom. The van der Waals surface area contributed by atoms with E-state index in [4.69, 9.17) is 5.73 Å². The second-order valence-electron chi connectivity index (χ2n) is 5.15. The molecule has 4 heteroatoms. The Morgan fingerprint density at radius 3 is 2.55 bits per heavy atom. The lowest BCUT2D eigenvalue weighted by Gasteiger charge is -2.27. The molecule has 2 aromatic carbocycles. The summed E-state index contributed by atoms with van der Waals surface area (Å²) >= 11 is 0. The van der Waals surface area contributed by atoms with Crippen molar-refractivity contribution in [1.82, 2.24) is 0 Å². The first kappa shape index (κ1) is 12.9. The molecule has 2 aromatic rings. The molecule has 3 N–H and O–H groups in total. The maximum absolute atomic E-state index is 13.9. The number of aryl methyl sites for hydroxylation is 1. The van der Waals surface area contributed by atoms with Crippen molar-refractivity contribution in [3.63, 3.8) is 0 Å². The lowest BCUT2D eigenvalue weighted by Crippen LogP contribution is -2.18. The second kappa shape index (κ2) is 5.12. The predicted octanol–water partition coefficient (Wildman–Crippen LogP) is 4.04. The van der Waals surface area contributed by atoms with Gasteiger partial charge in [-0.25, -0.2) is 8.78 Å². The minimum atomic E-state index is -0.648. The van der Waals surface area contributed by atoms with E-state index in [-0.39, 0.29) is 17.4 Å². The summed E-state index contributed by atoms with van der Waals surface area (Å²) < 4.78 is 27.7. The van der Waals surface area contributed by atoms with Crippen LogP contribution in [0.5, 0.6) is 0 Å². The van der Waals surface area contributed by atoms with Crippen molar-refractivity contribution < 1.29 is 8.78 Å². The minimum absolute atomic E-state index is 0.0624. The van der Waals surface area contributed by atoms with Crippen LogP contribution in [0.3, 0.4) is 0 Å². The number of fused-ring (bicyclic) bond motifs is 1. The molecule has 0 radical (unpaired) electrons. The third kappa shape index (κ3) is 2.33. The summed E-state index contributed by atoms with van der Waals surface area (Å²) in [5, 5.41) is 3.00. The van der Waals surface area contributed by atoms with Crippen molar-refractivity contribution in [2.75, 3.05) is 11.1 Å². The van der Waals surface area contributed by atoms with Crippen LogP contribution in [0.1, 0.15) is 30.0 Å². The van der Waals surface area contributed by atoms with Gasteiger partial charge in [0, 0.05) is 5.69 Å². The normalized spacial score (nSPS) is 17.6. The molecular weight excluding hydrogens is 258 g/mol. The Labute approximate surface area is 116 Å². The largest absolute Gasteiger partial charge is 0.399 e. The number of nitrogens with two attached hydrogens (primary N) is 1.